The van der Waals surface area contributed by atoms with E-state index in [0.717, 1.165) is 6.61 Å². The second-order valence-electron chi connectivity index (χ2n) is 5.05. The molecule has 2 aliphatic rings. The summed E-state index contributed by atoms with van der Waals surface area (Å²) in [6.07, 6.45) is 8.63. The summed E-state index contributed by atoms with van der Waals surface area (Å²) in [7, 11) is 2.08. The Labute approximate surface area is 87.4 Å². The molecule has 1 N–H and O–H groups in total. The molecule has 2 rings (SSSR count). The van der Waals surface area contributed by atoms with Crippen LogP contribution >= 0.6 is 0 Å². The average Bonchev–Trinajstić information content (AvgIpc) is 2.83. The van der Waals surface area contributed by atoms with Crippen LogP contribution in [0.25, 0.3) is 0 Å². The molecule has 82 valence electrons. The predicted molar refractivity (Wildman–Crippen MR) is 58.4 cm³/mol. The highest BCUT2D eigenvalue weighted by molar-refractivity contribution is 5.00. The van der Waals surface area contributed by atoms with E-state index in [1.54, 1.807) is 0 Å². The average molecular weight is 197 g/mol. The minimum atomic E-state index is 0.580. The first-order chi connectivity index (χ1) is 6.77. The van der Waals surface area contributed by atoms with Crippen LogP contribution in [0.4, 0.5) is 0 Å². The van der Waals surface area contributed by atoms with E-state index < -0.39 is 0 Å². The van der Waals surface area contributed by atoms with Crippen molar-refractivity contribution in [2.75, 3.05) is 13.7 Å². The van der Waals surface area contributed by atoms with Gasteiger partial charge >= 0.3 is 0 Å². The number of rotatable bonds is 5. The van der Waals surface area contributed by atoms with Gasteiger partial charge in [-0.1, -0.05) is 0 Å². The van der Waals surface area contributed by atoms with Crippen LogP contribution in [0.2, 0.25) is 0 Å². The summed E-state index contributed by atoms with van der Waals surface area (Å²) in [4.78, 5) is 0. The minimum absolute atomic E-state index is 0.580. The Bertz CT molecular complexity index is 183. The zero-order valence-electron chi connectivity index (χ0n) is 9.51. The lowest BCUT2D eigenvalue weighted by molar-refractivity contribution is 0.0945. The van der Waals surface area contributed by atoms with E-state index in [1.165, 1.54) is 38.5 Å². The number of ether oxygens (including phenoxy) is 1. The summed E-state index contributed by atoms with van der Waals surface area (Å²) in [5.41, 5.74) is 0.626. The maximum Gasteiger partial charge on any atom is 0.0576 e. The second-order valence-corrected chi connectivity index (χ2v) is 5.05. The quantitative estimate of drug-likeness (QED) is 0.730. The molecule has 1 saturated heterocycles. The van der Waals surface area contributed by atoms with Crippen molar-refractivity contribution in [1.82, 2.24) is 5.32 Å². The molecule has 0 radical (unpaired) electrons. The lowest BCUT2D eigenvalue weighted by Crippen LogP contribution is -2.32. The van der Waals surface area contributed by atoms with Crippen LogP contribution in [0.3, 0.4) is 0 Å². The third kappa shape index (κ3) is 2.12. The summed E-state index contributed by atoms with van der Waals surface area (Å²) in [5.74, 6) is 0. The number of hydrogen-bond donors (Lipinski definition) is 1. The van der Waals surface area contributed by atoms with Gasteiger partial charge in [-0.25, -0.2) is 0 Å². The highest BCUT2D eigenvalue weighted by atomic mass is 16.5. The summed E-state index contributed by atoms with van der Waals surface area (Å²) in [6.45, 7) is 3.32. The van der Waals surface area contributed by atoms with E-state index >= 15 is 0 Å². The lowest BCUT2D eigenvalue weighted by Gasteiger charge is -2.24. The molecule has 2 heteroatoms. The molecule has 2 atom stereocenters. The highest BCUT2D eigenvalue weighted by Crippen LogP contribution is 2.52. The van der Waals surface area contributed by atoms with E-state index in [-0.39, 0.29) is 0 Å². The molecule has 0 aromatic heterocycles. The molecule has 1 heterocycles. The molecule has 1 saturated carbocycles. The minimum Gasteiger partial charge on any atom is -0.378 e. The van der Waals surface area contributed by atoms with Gasteiger partial charge < -0.3 is 10.1 Å². The van der Waals surface area contributed by atoms with Crippen molar-refractivity contribution in [3.8, 4) is 0 Å². The van der Waals surface area contributed by atoms with Crippen molar-refractivity contribution < 1.29 is 4.74 Å². The number of nitrogens with one attached hydrogen (secondary N) is 1. The van der Waals surface area contributed by atoms with E-state index in [1.807, 2.05) is 0 Å². The zero-order chi connectivity index (χ0) is 10.0. The third-order valence-electron chi connectivity index (χ3n) is 4.23. The van der Waals surface area contributed by atoms with E-state index in [4.69, 9.17) is 4.74 Å². The van der Waals surface area contributed by atoms with Crippen molar-refractivity contribution >= 4 is 0 Å². The smallest absolute Gasteiger partial charge is 0.0576 e. The van der Waals surface area contributed by atoms with Crippen molar-refractivity contribution in [3.63, 3.8) is 0 Å². The van der Waals surface area contributed by atoms with Crippen molar-refractivity contribution in [1.29, 1.82) is 0 Å². The van der Waals surface area contributed by atoms with Crippen LogP contribution in [-0.4, -0.2) is 25.8 Å². The fourth-order valence-corrected chi connectivity index (χ4v) is 2.69. The molecule has 0 bridgehead atoms. The maximum absolute atomic E-state index is 5.67. The fourth-order valence-electron chi connectivity index (χ4n) is 2.69. The Morgan fingerprint density at radius 1 is 1.50 bits per heavy atom. The lowest BCUT2D eigenvalue weighted by atomic mass is 9.90. The topological polar surface area (TPSA) is 21.3 Å². The first-order valence-corrected chi connectivity index (χ1v) is 6.06. The van der Waals surface area contributed by atoms with Crippen molar-refractivity contribution in [2.45, 2.75) is 57.6 Å². The summed E-state index contributed by atoms with van der Waals surface area (Å²) < 4.78 is 5.67. The van der Waals surface area contributed by atoms with Gasteiger partial charge in [0.25, 0.3) is 0 Å². The van der Waals surface area contributed by atoms with Gasteiger partial charge in [0.05, 0.1) is 6.10 Å². The standard InChI is InChI=1S/C12H23NO/c1-10(13-2)12(7-8-12)6-5-11-4-3-9-14-11/h10-11,13H,3-9H2,1-2H3. The Morgan fingerprint density at radius 3 is 2.79 bits per heavy atom. The molecule has 0 amide bonds. The first kappa shape index (κ1) is 10.4. The molecular weight excluding hydrogens is 174 g/mol. The SMILES string of the molecule is CNC(C)C1(CCC2CCCO2)CC1. The fraction of sp³-hybridized carbons (Fsp3) is 1.00. The van der Waals surface area contributed by atoms with Crippen LogP contribution in [0.1, 0.15) is 45.4 Å². The van der Waals surface area contributed by atoms with E-state index in [9.17, 15) is 0 Å². The predicted octanol–water partition coefficient (Wildman–Crippen LogP) is 2.33. The van der Waals surface area contributed by atoms with Crippen molar-refractivity contribution in [2.24, 2.45) is 5.41 Å². The Balaban J connectivity index is 1.73. The van der Waals surface area contributed by atoms with Gasteiger partial charge in [-0.05, 0) is 57.9 Å². The highest BCUT2D eigenvalue weighted by Gasteiger charge is 2.46. The first-order valence-electron chi connectivity index (χ1n) is 6.06. The Kier molecular flexibility index (Phi) is 3.13. The molecule has 2 unspecified atom stereocenters. The Hall–Kier alpha value is -0.0800. The third-order valence-corrected chi connectivity index (χ3v) is 4.23. The molecule has 1 aliphatic carbocycles. The maximum atomic E-state index is 5.67. The van der Waals surface area contributed by atoms with Crippen LogP contribution in [0.5, 0.6) is 0 Å². The molecule has 0 aromatic carbocycles. The van der Waals surface area contributed by atoms with Gasteiger partial charge in [0, 0.05) is 12.6 Å². The Morgan fingerprint density at radius 2 is 2.29 bits per heavy atom. The summed E-state index contributed by atoms with van der Waals surface area (Å²) >= 11 is 0. The van der Waals surface area contributed by atoms with Gasteiger partial charge in [-0.15, -0.1) is 0 Å². The van der Waals surface area contributed by atoms with Crippen LogP contribution in [0.15, 0.2) is 0 Å². The monoisotopic (exact) mass is 197 g/mol. The van der Waals surface area contributed by atoms with Crippen LogP contribution < -0.4 is 5.32 Å². The van der Waals surface area contributed by atoms with Crippen molar-refractivity contribution in [3.05, 3.63) is 0 Å². The van der Waals surface area contributed by atoms with E-state index in [0.29, 0.717) is 17.6 Å². The summed E-state index contributed by atoms with van der Waals surface area (Å²) in [6, 6.07) is 0.684. The van der Waals surface area contributed by atoms with Gasteiger partial charge in [0.1, 0.15) is 0 Å². The number of hydrogen-bond acceptors (Lipinski definition) is 2. The van der Waals surface area contributed by atoms with Crippen LogP contribution in [0, 0.1) is 5.41 Å². The molecule has 0 aromatic rings. The molecule has 2 nitrogen and oxygen atoms in total. The zero-order valence-corrected chi connectivity index (χ0v) is 9.51. The molecule has 0 spiro atoms. The van der Waals surface area contributed by atoms with Crippen LogP contribution in [-0.2, 0) is 4.74 Å². The summed E-state index contributed by atoms with van der Waals surface area (Å²) in [5, 5.41) is 3.40. The van der Waals surface area contributed by atoms with E-state index in [2.05, 4.69) is 19.3 Å². The molecular formula is C12H23NO. The molecule has 1 aliphatic heterocycles. The van der Waals surface area contributed by atoms with Gasteiger partial charge in [0.15, 0.2) is 0 Å². The second kappa shape index (κ2) is 4.19. The molecule has 14 heavy (non-hydrogen) atoms. The van der Waals surface area contributed by atoms with Gasteiger partial charge in [0.2, 0.25) is 0 Å². The molecule has 2 fully saturated rings. The largest absolute Gasteiger partial charge is 0.378 e. The van der Waals surface area contributed by atoms with Gasteiger partial charge in [-0.3, -0.25) is 0 Å². The van der Waals surface area contributed by atoms with Gasteiger partial charge in [-0.2, -0.15) is 0 Å². The normalized spacial score (nSPS) is 31.7.